The van der Waals surface area contributed by atoms with Crippen molar-refractivity contribution in [3.63, 3.8) is 0 Å². The highest BCUT2D eigenvalue weighted by Crippen LogP contribution is 2.40. The molecule has 1 unspecified atom stereocenters. The number of aliphatic hydroxyl groups excluding tert-OH is 1. The number of hydrogen-bond acceptors (Lipinski definition) is 6. The first-order chi connectivity index (χ1) is 17.0. The molecule has 2 aromatic rings. The van der Waals surface area contributed by atoms with Gasteiger partial charge in [-0.15, -0.1) is 0 Å². The molecule has 0 spiro atoms. The van der Waals surface area contributed by atoms with Gasteiger partial charge in [0.05, 0.1) is 31.4 Å². The molecule has 4 rings (SSSR count). The van der Waals surface area contributed by atoms with Crippen LogP contribution in [0.4, 0.5) is 0 Å². The zero-order chi connectivity index (χ0) is 24.8. The molecule has 7 nitrogen and oxygen atoms in total. The standard InChI is InChI=1S/C27H31ClN2O5/c1-2-16-35-22-10-6-20(7-11-22)25(31)23-24(19-4-8-21(28)9-5-19)30(27(33)26(23)32)13-3-12-29-14-17-34-18-15-29/h4-11,24,31H,2-3,12-18H2,1H3. The van der Waals surface area contributed by atoms with E-state index in [9.17, 15) is 14.7 Å². The first kappa shape index (κ1) is 25.2. The highest BCUT2D eigenvalue weighted by molar-refractivity contribution is 6.46. The Balaban J connectivity index is 1.63. The minimum Gasteiger partial charge on any atom is -0.507 e. The highest BCUT2D eigenvalue weighted by Gasteiger charge is 2.45. The van der Waals surface area contributed by atoms with Gasteiger partial charge in [-0.2, -0.15) is 0 Å². The molecule has 1 atom stereocenters. The summed E-state index contributed by atoms with van der Waals surface area (Å²) in [6.45, 7) is 6.95. The summed E-state index contributed by atoms with van der Waals surface area (Å²) in [4.78, 5) is 30.1. The molecule has 2 aliphatic heterocycles. The fraction of sp³-hybridized carbons (Fsp3) is 0.407. The number of nitrogens with zero attached hydrogens (tertiary/aromatic N) is 2. The van der Waals surface area contributed by atoms with Gasteiger partial charge in [-0.3, -0.25) is 14.5 Å². The molecule has 0 bridgehead atoms. The molecule has 2 fully saturated rings. The minimum absolute atomic E-state index is 0.0888. The first-order valence-corrected chi connectivity index (χ1v) is 12.4. The van der Waals surface area contributed by atoms with E-state index in [-0.39, 0.29) is 11.3 Å². The molecule has 0 radical (unpaired) electrons. The second kappa shape index (κ2) is 11.7. The summed E-state index contributed by atoms with van der Waals surface area (Å²) >= 11 is 6.09. The number of carbonyl (C=O) groups excluding carboxylic acids is 2. The van der Waals surface area contributed by atoms with E-state index in [4.69, 9.17) is 21.1 Å². The number of likely N-dealkylation sites (tertiary alicyclic amines) is 1. The number of amides is 1. The molecule has 186 valence electrons. The number of ether oxygens (including phenoxy) is 2. The maximum Gasteiger partial charge on any atom is 0.295 e. The fourth-order valence-electron chi connectivity index (χ4n) is 4.48. The molecule has 1 amide bonds. The molecule has 0 saturated carbocycles. The van der Waals surface area contributed by atoms with Crippen LogP contribution in [0.25, 0.3) is 5.76 Å². The zero-order valence-electron chi connectivity index (χ0n) is 19.9. The van der Waals surface area contributed by atoms with Crippen molar-refractivity contribution in [1.82, 2.24) is 9.80 Å². The van der Waals surface area contributed by atoms with Crippen molar-refractivity contribution in [2.45, 2.75) is 25.8 Å². The quantitative estimate of drug-likeness (QED) is 0.316. The third-order valence-electron chi connectivity index (χ3n) is 6.30. The topological polar surface area (TPSA) is 79.3 Å². The van der Waals surface area contributed by atoms with Crippen LogP contribution in [0.3, 0.4) is 0 Å². The molecule has 2 heterocycles. The molecule has 0 aromatic heterocycles. The lowest BCUT2D eigenvalue weighted by Crippen LogP contribution is -2.38. The van der Waals surface area contributed by atoms with Gasteiger partial charge in [-0.05, 0) is 54.8 Å². The smallest absolute Gasteiger partial charge is 0.295 e. The summed E-state index contributed by atoms with van der Waals surface area (Å²) in [5.41, 5.74) is 1.27. The molecule has 2 aliphatic rings. The SMILES string of the molecule is CCCOc1ccc(C(O)=C2C(=O)C(=O)N(CCCN3CCOCC3)C2c2ccc(Cl)cc2)cc1. The Morgan fingerprint density at radius 3 is 2.40 bits per heavy atom. The van der Waals surface area contributed by atoms with Crippen molar-refractivity contribution < 1.29 is 24.2 Å². The van der Waals surface area contributed by atoms with Crippen molar-refractivity contribution >= 4 is 29.1 Å². The number of Topliss-reactive ketones (excluding diaryl/α,β-unsaturated/α-hetero) is 1. The van der Waals surface area contributed by atoms with Crippen LogP contribution >= 0.6 is 11.6 Å². The van der Waals surface area contributed by atoms with E-state index in [1.54, 1.807) is 53.4 Å². The maximum atomic E-state index is 13.2. The Morgan fingerprint density at radius 1 is 1.06 bits per heavy atom. The second-order valence-electron chi connectivity index (χ2n) is 8.72. The number of hydrogen-bond donors (Lipinski definition) is 1. The van der Waals surface area contributed by atoms with E-state index in [1.165, 1.54) is 0 Å². The third kappa shape index (κ3) is 5.86. The molecule has 8 heteroatoms. The van der Waals surface area contributed by atoms with Crippen LogP contribution in [0, 0.1) is 0 Å². The van der Waals surface area contributed by atoms with E-state index < -0.39 is 17.7 Å². The average Bonchev–Trinajstić information content (AvgIpc) is 3.13. The van der Waals surface area contributed by atoms with Crippen LogP contribution in [0.15, 0.2) is 54.1 Å². The molecular weight excluding hydrogens is 468 g/mol. The van der Waals surface area contributed by atoms with Crippen molar-refractivity contribution in [2.75, 3.05) is 46.0 Å². The number of rotatable bonds is 9. The van der Waals surface area contributed by atoms with Crippen molar-refractivity contribution in [3.05, 3.63) is 70.3 Å². The lowest BCUT2D eigenvalue weighted by atomic mass is 9.95. The van der Waals surface area contributed by atoms with Crippen LogP contribution in [0.1, 0.15) is 36.9 Å². The number of halogens is 1. The number of aliphatic hydroxyl groups is 1. The monoisotopic (exact) mass is 498 g/mol. The largest absolute Gasteiger partial charge is 0.507 e. The summed E-state index contributed by atoms with van der Waals surface area (Å²) in [7, 11) is 0. The van der Waals surface area contributed by atoms with Gasteiger partial charge in [0.2, 0.25) is 0 Å². The van der Waals surface area contributed by atoms with E-state index in [0.717, 1.165) is 31.6 Å². The fourth-order valence-corrected chi connectivity index (χ4v) is 4.60. The maximum absolute atomic E-state index is 13.2. The van der Waals surface area contributed by atoms with E-state index in [2.05, 4.69) is 4.90 Å². The number of morpholine rings is 1. The molecule has 1 N–H and O–H groups in total. The van der Waals surface area contributed by atoms with Gasteiger partial charge in [0.15, 0.2) is 0 Å². The normalized spacial score (nSPS) is 20.4. The van der Waals surface area contributed by atoms with Gasteiger partial charge < -0.3 is 19.5 Å². The zero-order valence-corrected chi connectivity index (χ0v) is 20.7. The van der Waals surface area contributed by atoms with Crippen LogP contribution in [0.5, 0.6) is 5.75 Å². The van der Waals surface area contributed by atoms with Crippen molar-refractivity contribution in [2.24, 2.45) is 0 Å². The van der Waals surface area contributed by atoms with Gasteiger partial charge in [-0.1, -0.05) is 30.7 Å². The van der Waals surface area contributed by atoms with Crippen LogP contribution in [-0.2, 0) is 14.3 Å². The summed E-state index contributed by atoms with van der Waals surface area (Å²) in [5, 5.41) is 11.8. The lowest BCUT2D eigenvalue weighted by Gasteiger charge is -2.29. The Bertz CT molecular complexity index is 1060. The Morgan fingerprint density at radius 2 is 1.74 bits per heavy atom. The predicted octanol–water partition coefficient (Wildman–Crippen LogP) is 4.27. The van der Waals surface area contributed by atoms with E-state index >= 15 is 0 Å². The number of carbonyl (C=O) groups is 2. The van der Waals surface area contributed by atoms with Crippen LogP contribution in [0.2, 0.25) is 5.02 Å². The molecule has 35 heavy (non-hydrogen) atoms. The highest BCUT2D eigenvalue weighted by atomic mass is 35.5. The van der Waals surface area contributed by atoms with E-state index in [1.807, 2.05) is 6.92 Å². The van der Waals surface area contributed by atoms with Crippen LogP contribution in [-0.4, -0.2) is 72.6 Å². The Hall–Kier alpha value is -2.87. The number of ketones is 1. The van der Waals surface area contributed by atoms with Gasteiger partial charge in [0, 0.05) is 36.8 Å². The Labute approximate surface area is 210 Å². The van der Waals surface area contributed by atoms with Gasteiger partial charge in [0.1, 0.15) is 11.5 Å². The van der Waals surface area contributed by atoms with Gasteiger partial charge >= 0.3 is 0 Å². The summed E-state index contributed by atoms with van der Waals surface area (Å²) in [5.74, 6) is -0.793. The predicted molar refractivity (Wildman–Crippen MR) is 135 cm³/mol. The molecular formula is C27H31ClN2O5. The third-order valence-corrected chi connectivity index (χ3v) is 6.56. The van der Waals surface area contributed by atoms with Crippen molar-refractivity contribution in [3.8, 4) is 5.75 Å². The summed E-state index contributed by atoms with van der Waals surface area (Å²) in [6.07, 6.45) is 1.60. The molecule has 2 aromatic carbocycles. The first-order valence-electron chi connectivity index (χ1n) is 12.1. The van der Waals surface area contributed by atoms with E-state index in [0.29, 0.717) is 49.1 Å². The molecule has 0 aliphatic carbocycles. The lowest BCUT2D eigenvalue weighted by molar-refractivity contribution is -0.140. The van der Waals surface area contributed by atoms with Gasteiger partial charge in [-0.25, -0.2) is 0 Å². The number of benzene rings is 2. The summed E-state index contributed by atoms with van der Waals surface area (Å²) in [6, 6.07) is 13.3. The van der Waals surface area contributed by atoms with Crippen molar-refractivity contribution in [1.29, 1.82) is 0 Å². The molecule has 2 saturated heterocycles. The van der Waals surface area contributed by atoms with Gasteiger partial charge in [0.25, 0.3) is 11.7 Å². The average molecular weight is 499 g/mol. The summed E-state index contributed by atoms with van der Waals surface area (Å²) < 4.78 is 11.0. The minimum atomic E-state index is -0.687. The second-order valence-corrected chi connectivity index (χ2v) is 9.16. The Kier molecular flexibility index (Phi) is 8.44. The van der Waals surface area contributed by atoms with Crippen LogP contribution < -0.4 is 4.74 Å².